The van der Waals surface area contributed by atoms with E-state index in [1.54, 1.807) is 12.4 Å². The Hall–Kier alpha value is -2.18. The summed E-state index contributed by atoms with van der Waals surface area (Å²) < 4.78 is 38.0. The van der Waals surface area contributed by atoms with Gasteiger partial charge in [-0.25, -0.2) is 4.98 Å². The van der Waals surface area contributed by atoms with Crippen LogP contribution in [0.3, 0.4) is 0 Å². The Morgan fingerprint density at radius 3 is 2.75 bits per heavy atom. The molecule has 7 heteroatoms. The minimum absolute atomic E-state index is 0.265. The third-order valence-electron chi connectivity index (χ3n) is 2.83. The van der Waals surface area contributed by atoms with Gasteiger partial charge in [0.25, 0.3) is 0 Å². The topological polar surface area (TPSA) is 66.7 Å². The van der Waals surface area contributed by atoms with E-state index >= 15 is 0 Å². The minimum Gasteiger partial charge on any atom is -0.398 e. The number of hydrogen-bond donors (Lipinski definition) is 3. The first-order chi connectivity index (χ1) is 9.47. The summed E-state index contributed by atoms with van der Waals surface area (Å²) in [5.74, 6) is 0.861. The fraction of sp³-hybridized carbons (Fsp3) is 0.308. The minimum atomic E-state index is -4.43. The van der Waals surface area contributed by atoms with Gasteiger partial charge in [-0.15, -0.1) is 0 Å². The number of aromatic nitrogens is 2. The van der Waals surface area contributed by atoms with Crippen molar-refractivity contribution in [2.24, 2.45) is 0 Å². The average molecular weight is 284 g/mol. The van der Waals surface area contributed by atoms with Crippen molar-refractivity contribution in [2.75, 3.05) is 17.6 Å². The van der Waals surface area contributed by atoms with Gasteiger partial charge in [-0.2, -0.15) is 13.2 Å². The van der Waals surface area contributed by atoms with E-state index < -0.39 is 11.7 Å². The van der Waals surface area contributed by atoms with Crippen LogP contribution in [0.5, 0.6) is 0 Å². The van der Waals surface area contributed by atoms with E-state index in [2.05, 4.69) is 15.3 Å². The van der Waals surface area contributed by atoms with Gasteiger partial charge in [-0.3, -0.25) is 0 Å². The number of alkyl halides is 3. The molecule has 2 aromatic rings. The Bertz CT molecular complexity index is 549. The largest absolute Gasteiger partial charge is 0.418 e. The van der Waals surface area contributed by atoms with Gasteiger partial charge in [-0.1, -0.05) is 0 Å². The van der Waals surface area contributed by atoms with Crippen LogP contribution in [0.2, 0.25) is 0 Å². The lowest BCUT2D eigenvalue weighted by atomic mass is 10.1. The zero-order valence-corrected chi connectivity index (χ0v) is 10.7. The van der Waals surface area contributed by atoms with Crippen LogP contribution in [-0.4, -0.2) is 16.5 Å². The molecule has 0 bridgehead atoms. The van der Waals surface area contributed by atoms with Crippen LogP contribution in [0.25, 0.3) is 0 Å². The van der Waals surface area contributed by atoms with E-state index in [1.165, 1.54) is 12.1 Å². The molecule has 0 spiro atoms. The van der Waals surface area contributed by atoms with Crippen LogP contribution in [0.1, 0.15) is 17.8 Å². The number of H-pyrrole nitrogens is 1. The Morgan fingerprint density at radius 1 is 1.30 bits per heavy atom. The number of anilines is 2. The summed E-state index contributed by atoms with van der Waals surface area (Å²) in [5.41, 5.74) is 4.67. The molecule has 1 heterocycles. The molecule has 108 valence electrons. The SMILES string of the molecule is Nc1ccc(NCCCc2ncc[nH]2)cc1C(F)(F)F. The lowest BCUT2D eigenvalue weighted by Crippen LogP contribution is -2.10. The number of nitrogens with two attached hydrogens (primary N) is 1. The van der Waals surface area contributed by atoms with E-state index in [1.807, 2.05) is 0 Å². The molecular weight excluding hydrogens is 269 g/mol. The Morgan fingerprint density at radius 2 is 2.10 bits per heavy atom. The number of nitrogen functional groups attached to an aromatic ring is 1. The highest BCUT2D eigenvalue weighted by molar-refractivity contribution is 5.58. The molecule has 0 amide bonds. The van der Waals surface area contributed by atoms with E-state index in [9.17, 15) is 13.2 Å². The maximum atomic E-state index is 12.7. The summed E-state index contributed by atoms with van der Waals surface area (Å²) in [6, 6.07) is 3.83. The van der Waals surface area contributed by atoms with E-state index in [0.29, 0.717) is 12.2 Å². The van der Waals surface area contributed by atoms with Crippen molar-refractivity contribution in [3.63, 3.8) is 0 Å². The smallest absolute Gasteiger partial charge is 0.398 e. The third-order valence-corrected chi connectivity index (χ3v) is 2.83. The van der Waals surface area contributed by atoms with Crippen molar-refractivity contribution in [3.8, 4) is 0 Å². The molecule has 0 saturated heterocycles. The summed E-state index contributed by atoms with van der Waals surface area (Å²) >= 11 is 0. The fourth-order valence-electron chi connectivity index (χ4n) is 1.83. The van der Waals surface area contributed by atoms with Gasteiger partial charge in [-0.05, 0) is 24.6 Å². The van der Waals surface area contributed by atoms with Crippen LogP contribution >= 0.6 is 0 Å². The van der Waals surface area contributed by atoms with Crippen LogP contribution in [0.15, 0.2) is 30.6 Å². The monoisotopic (exact) mass is 284 g/mol. The van der Waals surface area contributed by atoms with Gasteiger partial charge in [0.15, 0.2) is 0 Å². The second-order valence-corrected chi connectivity index (χ2v) is 4.37. The molecular formula is C13H15F3N4. The van der Waals surface area contributed by atoms with E-state index in [0.717, 1.165) is 24.7 Å². The predicted molar refractivity (Wildman–Crippen MR) is 71.3 cm³/mol. The summed E-state index contributed by atoms with van der Waals surface area (Å²) in [6.45, 7) is 0.557. The number of imidazole rings is 1. The lowest BCUT2D eigenvalue weighted by Gasteiger charge is -2.13. The quantitative estimate of drug-likeness (QED) is 0.584. The second kappa shape index (κ2) is 5.85. The van der Waals surface area contributed by atoms with Crippen molar-refractivity contribution in [1.29, 1.82) is 0 Å². The number of benzene rings is 1. The number of hydrogen-bond acceptors (Lipinski definition) is 3. The fourth-order valence-corrected chi connectivity index (χ4v) is 1.83. The number of nitrogens with one attached hydrogen (secondary N) is 2. The average Bonchev–Trinajstić information content (AvgIpc) is 2.88. The van der Waals surface area contributed by atoms with Crippen molar-refractivity contribution < 1.29 is 13.2 Å². The molecule has 1 aromatic heterocycles. The van der Waals surface area contributed by atoms with E-state index in [4.69, 9.17) is 5.73 Å². The highest BCUT2D eigenvalue weighted by Crippen LogP contribution is 2.35. The zero-order valence-electron chi connectivity index (χ0n) is 10.7. The van der Waals surface area contributed by atoms with Crippen molar-refractivity contribution in [2.45, 2.75) is 19.0 Å². The highest BCUT2D eigenvalue weighted by atomic mass is 19.4. The van der Waals surface area contributed by atoms with Gasteiger partial charge in [0, 0.05) is 36.7 Å². The van der Waals surface area contributed by atoms with Gasteiger partial charge in [0.1, 0.15) is 5.82 Å². The second-order valence-electron chi connectivity index (χ2n) is 4.37. The zero-order chi connectivity index (χ0) is 14.6. The summed E-state index contributed by atoms with van der Waals surface area (Å²) in [7, 11) is 0. The number of aryl methyl sites for hydroxylation is 1. The molecule has 0 aliphatic heterocycles. The predicted octanol–water partition coefficient (Wildman–Crippen LogP) is 3.06. The molecule has 0 aliphatic rings. The lowest BCUT2D eigenvalue weighted by molar-refractivity contribution is -0.136. The number of nitrogens with zero attached hydrogens (tertiary/aromatic N) is 1. The van der Waals surface area contributed by atoms with Gasteiger partial charge < -0.3 is 16.0 Å². The molecule has 0 aliphatic carbocycles. The maximum Gasteiger partial charge on any atom is 0.418 e. The molecule has 20 heavy (non-hydrogen) atoms. The molecule has 2 rings (SSSR count). The van der Waals surface area contributed by atoms with Crippen molar-refractivity contribution in [1.82, 2.24) is 9.97 Å². The third kappa shape index (κ3) is 3.66. The first-order valence-corrected chi connectivity index (χ1v) is 6.15. The molecule has 4 nitrogen and oxygen atoms in total. The molecule has 0 atom stereocenters. The summed E-state index contributed by atoms with van der Waals surface area (Å²) in [6.07, 6.45) is 0.465. The number of halogens is 3. The Labute approximate surface area is 114 Å². The van der Waals surface area contributed by atoms with Crippen LogP contribution < -0.4 is 11.1 Å². The number of rotatable bonds is 5. The van der Waals surface area contributed by atoms with Gasteiger partial charge >= 0.3 is 6.18 Å². The molecule has 1 aromatic carbocycles. The molecule has 0 radical (unpaired) electrons. The Balaban J connectivity index is 1.90. The molecule has 0 fully saturated rings. The summed E-state index contributed by atoms with van der Waals surface area (Å²) in [5, 5.41) is 2.95. The van der Waals surface area contributed by atoms with Crippen LogP contribution in [0.4, 0.5) is 24.5 Å². The van der Waals surface area contributed by atoms with Gasteiger partial charge in [0.05, 0.1) is 5.56 Å². The normalized spacial score (nSPS) is 11.6. The van der Waals surface area contributed by atoms with Crippen LogP contribution in [-0.2, 0) is 12.6 Å². The first kappa shape index (κ1) is 14.2. The maximum absolute atomic E-state index is 12.7. The standard InChI is InChI=1S/C13H15F3N4/c14-13(15,16)10-8-9(3-4-11(10)17)18-5-1-2-12-19-6-7-20-12/h3-4,6-8,18H,1-2,5,17H2,(H,19,20). The Kier molecular flexibility index (Phi) is 4.16. The molecule has 4 N–H and O–H groups in total. The van der Waals surface area contributed by atoms with E-state index in [-0.39, 0.29) is 5.69 Å². The van der Waals surface area contributed by atoms with Crippen molar-refractivity contribution >= 4 is 11.4 Å². The number of aromatic amines is 1. The highest BCUT2D eigenvalue weighted by Gasteiger charge is 2.33. The molecule has 0 saturated carbocycles. The first-order valence-electron chi connectivity index (χ1n) is 6.15. The van der Waals surface area contributed by atoms with Crippen molar-refractivity contribution in [3.05, 3.63) is 42.0 Å². The van der Waals surface area contributed by atoms with Crippen LogP contribution in [0, 0.1) is 0 Å². The molecule has 0 unspecified atom stereocenters. The summed E-state index contributed by atoms with van der Waals surface area (Å²) in [4.78, 5) is 7.04. The van der Waals surface area contributed by atoms with Gasteiger partial charge in [0.2, 0.25) is 0 Å².